The maximum absolute atomic E-state index is 12.5. The molecular weight excluding hydrogens is 394 g/mol. The number of aryl methyl sites for hydroxylation is 3. The van der Waals surface area contributed by atoms with Gasteiger partial charge in [-0.25, -0.2) is 15.0 Å². The van der Waals surface area contributed by atoms with Crippen molar-refractivity contribution in [2.45, 2.75) is 57.7 Å². The fraction of sp³-hybridized carbons (Fsp3) is 0.391. The Bertz CT molecular complexity index is 1030. The summed E-state index contributed by atoms with van der Waals surface area (Å²) in [6, 6.07) is 7.96. The van der Waals surface area contributed by atoms with Crippen LogP contribution < -0.4 is 5.32 Å². The lowest BCUT2D eigenvalue weighted by molar-refractivity contribution is -0.116. The van der Waals surface area contributed by atoms with Gasteiger partial charge in [0.05, 0.1) is 0 Å². The molecule has 1 aliphatic heterocycles. The van der Waals surface area contributed by atoms with E-state index in [0.29, 0.717) is 12.8 Å². The van der Waals surface area contributed by atoms with Crippen molar-refractivity contribution in [2.24, 2.45) is 0 Å². The molecule has 0 atom stereocenters. The van der Waals surface area contributed by atoms with Crippen molar-refractivity contribution < 1.29 is 4.79 Å². The molecular formula is C23H27N5OS. The number of carbonyl (C=O) groups excluding carboxylic acids is 1. The second-order valence-corrected chi connectivity index (χ2v) is 8.44. The van der Waals surface area contributed by atoms with Gasteiger partial charge in [0.15, 0.2) is 5.16 Å². The molecule has 0 saturated carbocycles. The number of carbonyl (C=O) groups is 1. The van der Waals surface area contributed by atoms with Crippen LogP contribution in [0.1, 0.15) is 41.9 Å². The fourth-order valence-electron chi connectivity index (χ4n) is 3.99. The lowest BCUT2D eigenvalue weighted by atomic mass is 10.1. The molecule has 1 aliphatic rings. The van der Waals surface area contributed by atoms with E-state index < -0.39 is 0 Å². The molecule has 0 spiro atoms. The van der Waals surface area contributed by atoms with Gasteiger partial charge in [-0.15, -0.1) is 0 Å². The molecule has 7 heteroatoms. The molecule has 0 bridgehead atoms. The summed E-state index contributed by atoms with van der Waals surface area (Å²) in [5.74, 6) is 1.01. The minimum absolute atomic E-state index is 0.00585. The number of nitrogens with zero attached hydrogens (tertiary/aromatic N) is 4. The van der Waals surface area contributed by atoms with Crippen LogP contribution in [0.5, 0.6) is 0 Å². The summed E-state index contributed by atoms with van der Waals surface area (Å²) in [6.45, 7) is 4.99. The Morgan fingerprint density at radius 2 is 1.87 bits per heavy atom. The van der Waals surface area contributed by atoms with Crippen molar-refractivity contribution in [3.05, 3.63) is 53.1 Å². The number of hydrogen-bond donors (Lipinski definition) is 1. The van der Waals surface area contributed by atoms with Gasteiger partial charge >= 0.3 is 0 Å². The van der Waals surface area contributed by atoms with Crippen molar-refractivity contribution in [3.8, 4) is 11.4 Å². The molecule has 2 aromatic heterocycles. The first kappa shape index (κ1) is 20.6. The molecule has 3 heterocycles. The highest BCUT2D eigenvalue weighted by Gasteiger charge is 2.15. The van der Waals surface area contributed by atoms with E-state index in [4.69, 9.17) is 0 Å². The maximum atomic E-state index is 12.5. The van der Waals surface area contributed by atoms with Crippen molar-refractivity contribution in [2.75, 3.05) is 11.6 Å². The van der Waals surface area contributed by atoms with Gasteiger partial charge in [0.1, 0.15) is 5.82 Å². The molecule has 1 N–H and O–H groups in total. The summed E-state index contributed by atoms with van der Waals surface area (Å²) in [7, 11) is 0. The van der Waals surface area contributed by atoms with E-state index >= 15 is 0 Å². The highest BCUT2D eigenvalue weighted by Crippen LogP contribution is 2.25. The van der Waals surface area contributed by atoms with E-state index in [1.807, 2.05) is 50.6 Å². The second-order valence-electron chi connectivity index (χ2n) is 7.67. The van der Waals surface area contributed by atoms with Gasteiger partial charge in [-0.2, -0.15) is 0 Å². The highest BCUT2D eigenvalue weighted by molar-refractivity contribution is 7.98. The predicted octanol–water partition coefficient (Wildman–Crippen LogP) is 4.59. The third-order valence-corrected chi connectivity index (χ3v) is 6.16. The zero-order valence-corrected chi connectivity index (χ0v) is 18.6. The van der Waals surface area contributed by atoms with Crippen LogP contribution in [0.3, 0.4) is 0 Å². The smallest absolute Gasteiger partial charge is 0.224 e. The summed E-state index contributed by atoms with van der Waals surface area (Å²) in [5, 5.41) is 3.77. The topological polar surface area (TPSA) is 72.7 Å². The van der Waals surface area contributed by atoms with E-state index in [1.165, 1.54) is 30.3 Å². The van der Waals surface area contributed by atoms with Crippen molar-refractivity contribution >= 4 is 23.4 Å². The Balaban J connectivity index is 1.38. The van der Waals surface area contributed by atoms with E-state index in [1.54, 1.807) is 0 Å². The molecule has 0 aliphatic carbocycles. The van der Waals surface area contributed by atoms with E-state index in [9.17, 15) is 4.79 Å². The van der Waals surface area contributed by atoms with Crippen LogP contribution in [-0.2, 0) is 24.2 Å². The number of rotatable bonds is 6. The van der Waals surface area contributed by atoms with Gasteiger partial charge in [-0.1, -0.05) is 11.8 Å². The van der Waals surface area contributed by atoms with Gasteiger partial charge in [0, 0.05) is 47.5 Å². The Kier molecular flexibility index (Phi) is 6.18. The van der Waals surface area contributed by atoms with Gasteiger partial charge in [0.25, 0.3) is 0 Å². The number of nitrogens with one attached hydrogen (secondary N) is 1. The SMILES string of the molecule is CSc1nc(C)c(CCC(=O)Nc2ccc(-c3ncc4n3CCCC4)cc2)c(C)n1. The minimum atomic E-state index is -0.00585. The molecule has 3 aromatic rings. The van der Waals surface area contributed by atoms with Crippen LogP contribution in [0.15, 0.2) is 35.6 Å². The molecule has 4 rings (SSSR count). The highest BCUT2D eigenvalue weighted by atomic mass is 32.2. The summed E-state index contributed by atoms with van der Waals surface area (Å²) in [6.07, 6.45) is 8.54. The molecule has 0 unspecified atom stereocenters. The summed E-state index contributed by atoms with van der Waals surface area (Å²) in [5.41, 5.74) is 6.16. The summed E-state index contributed by atoms with van der Waals surface area (Å²) in [4.78, 5) is 26.1. The normalized spacial score (nSPS) is 13.2. The molecule has 6 nitrogen and oxygen atoms in total. The number of aromatic nitrogens is 4. The van der Waals surface area contributed by atoms with Gasteiger partial charge < -0.3 is 9.88 Å². The van der Waals surface area contributed by atoms with Gasteiger partial charge in [-0.3, -0.25) is 4.79 Å². The third kappa shape index (κ3) is 4.41. The average molecular weight is 422 g/mol. The van der Waals surface area contributed by atoms with Gasteiger partial charge in [0.2, 0.25) is 5.91 Å². The summed E-state index contributed by atoms with van der Waals surface area (Å²) < 4.78 is 2.31. The molecule has 1 aromatic carbocycles. The van der Waals surface area contributed by atoms with Crippen molar-refractivity contribution in [1.82, 2.24) is 19.5 Å². The summed E-state index contributed by atoms with van der Waals surface area (Å²) >= 11 is 1.53. The monoisotopic (exact) mass is 421 g/mol. The van der Waals surface area contributed by atoms with Gasteiger partial charge in [-0.05, 0) is 75.6 Å². The molecule has 1 amide bonds. The minimum Gasteiger partial charge on any atom is -0.328 e. The second kappa shape index (κ2) is 9.00. The van der Waals surface area contributed by atoms with E-state index in [0.717, 1.165) is 52.1 Å². The zero-order valence-electron chi connectivity index (χ0n) is 17.7. The van der Waals surface area contributed by atoms with Crippen molar-refractivity contribution in [3.63, 3.8) is 0 Å². The maximum Gasteiger partial charge on any atom is 0.224 e. The average Bonchev–Trinajstić information content (AvgIpc) is 3.17. The number of amides is 1. The van der Waals surface area contributed by atoms with Crippen molar-refractivity contribution in [1.29, 1.82) is 0 Å². The standard InChI is InChI=1S/C23H27N5OS/c1-15-20(16(2)26-23(25-15)30-3)11-12-21(29)27-18-9-7-17(8-10-18)22-24-14-19-6-4-5-13-28(19)22/h7-10,14H,4-6,11-13H2,1-3H3,(H,27,29). The predicted molar refractivity (Wildman–Crippen MR) is 121 cm³/mol. The first-order valence-corrected chi connectivity index (χ1v) is 11.6. The molecule has 0 fully saturated rings. The number of imidazole rings is 1. The Morgan fingerprint density at radius 3 is 2.57 bits per heavy atom. The van der Waals surface area contributed by atoms with Crippen LogP contribution in [0.4, 0.5) is 5.69 Å². The van der Waals surface area contributed by atoms with Crippen LogP contribution in [0.25, 0.3) is 11.4 Å². The lowest BCUT2D eigenvalue weighted by Crippen LogP contribution is -2.14. The third-order valence-electron chi connectivity index (χ3n) is 5.61. The molecule has 30 heavy (non-hydrogen) atoms. The first-order chi connectivity index (χ1) is 14.5. The molecule has 0 saturated heterocycles. The quantitative estimate of drug-likeness (QED) is 0.466. The Morgan fingerprint density at radius 1 is 1.13 bits per heavy atom. The Labute approximate surface area is 181 Å². The van der Waals surface area contributed by atoms with Crippen LogP contribution in [0, 0.1) is 13.8 Å². The number of hydrogen-bond acceptors (Lipinski definition) is 5. The number of benzene rings is 1. The van der Waals surface area contributed by atoms with Crippen LogP contribution >= 0.6 is 11.8 Å². The molecule has 0 radical (unpaired) electrons. The first-order valence-electron chi connectivity index (χ1n) is 10.4. The number of thioether (sulfide) groups is 1. The number of fused-ring (bicyclic) bond motifs is 1. The largest absolute Gasteiger partial charge is 0.328 e. The zero-order chi connectivity index (χ0) is 21.1. The number of anilines is 1. The Hall–Kier alpha value is -2.67. The van der Waals surface area contributed by atoms with Crippen LogP contribution in [-0.4, -0.2) is 31.7 Å². The van der Waals surface area contributed by atoms with Crippen LogP contribution in [0.2, 0.25) is 0 Å². The molecule has 156 valence electrons. The van der Waals surface area contributed by atoms with E-state index in [2.05, 4.69) is 24.8 Å². The lowest BCUT2D eigenvalue weighted by Gasteiger charge is -2.16. The fourth-order valence-corrected chi connectivity index (χ4v) is 4.45. The van der Waals surface area contributed by atoms with E-state index in [-0.39, 0.29) is 5.91 Å².